The van der Waals surface area contributed by atoms with Crippen LogP contribution in [0.1, 0.15) is 32.7 Å². The van der Waals surface area contributed by atoms with Gasteiger partial charge >= 0.3 is 6.18 Å². The number of amides is 1. The van der Waals surface area contributed by atoms with Gasteiger partial charge in [-0.15, -0.1) is 0 Å². The van der Waals surface area contributed by atoms with Gasteiger partial charge < -0.3 is 5.32 Å². The van der Waals surface area contributed by atoms with Crippen molar-refractivity contribution < 1.29 is 18.0 Å². The Morgan fingerprint density at radius 3 is 2.48 bits per heavy atom. The van der Waals surface area contributed by atoms with Crippen molar-refractivity contribution in [1.82, 2.24) is 9.78 Å². The molecule has 0 aliphatic carbocycles. The highest BCUT2D eigenvalue weighted by atomic mass is 19.4. The highest BCUT2D eigenvalue weighted by molar-refractivity contribution is 6.02. The third-order valence-electron chi connectivity index (χ3n) is 4.45. The molecule has 0 fully saturated rings. The van der Waals surface area contributed by atoms with Crippen LogP contribution in [0.5, 0.6) is 0 Å². The molecule has 1 aromatic heterocycles. The topological polar surface area (TPSA) is 64.0 Å². The number of carbonyl (C=O) groups excluding carboxylic acids is 1. The zero-order valence-electron chi connectivity index (χ0n) is 15.7. The van der Waals surface area contributed by atoms with Gasteiger partial charge in [-0.1, -0.05) is 18.2 Å². The number of carbonyl (C=O) groups is 1. The number of rotatable bonds is 4. The Balaban J connectivity index is 1.83. The molecule has 0 unspecified atom stereocenters. The SMILES string of the molecule is Cc1ccc(NC(=O)c2ccc(=O)n(Cc3cccc(C(F)(F)F)c3)n2)cc1C. The summed E-state index contributed by atoms with van der Waals surface area (Å²) < 4.78 is 39.6. The number of nitrogens with one attached hydrogen (secondary N) is 1. The Morgan fingerprint density at radius 1 is 1.03 bits per heavy atom. The molecule has 0 saturated heterocycles. The molecular formula is C21H18F3N3O2. The van der Waals surface area contributed by atoms with Gasteiger partial charge in [0.1, 0.15) is 5.69 Å². The molecule has 0 saturated carbocycles. The van der Waals surface area contributed by atoms with Crippen LogP contribution in [0.3, 0.4) is 0 Å². The van der Waals surface area contributed by atoms with Gasteiger partial charge in [-0.25, -0.2) is 4.68 Å². The molecule has 0 spiro atoms. The fraction of sp³-hybridized carbons (Fsp3) is 0.190. The molecule has 8 heteroatoms. The average Bonchev–Trinajstić information content (AvgIpc) is 2.66. The van der Waals surface area contributed by atoms with Crippen molar-refractivity contribution in [2.24, 2.45) is 0 Å². The Morgan fingerprint density at radius 2 is 1.79 bits per heavy atom. The van der Waals surface area contributed by atoms with Gasteiger partial charge in [-0.2, -0.15) is 18.3 Å². The van der Waals surface area contributed by atoms with Crippen LogP contribution in [0.25, 0.3) is 0 Å². The summed E-state index contributed by atoms with van der Waals surface area (Å²) in [5.74, 6) is -0.522. The summed E-state index contributed by atoms with van der Waals surface area (Å²) >= 11 is 0. The molecule has 0 radical (unpaired) electrons. The minimum Gasteiger partial charge on any atom is -0.321 e. The monoisotopic (exact) mass is 401 g/mol. The molecule has 3 rings (SSSR count). The molecule has 1 amide bonds. The largest absolute Gasteiger partial charge is 0.416 e. The van der Waals surface area contributed by atoms with Crippen LogP contribution in [0, 0.1) is 13.8 Å². The van der Waals surface area contributed by atoms with Crippen LogP contribution < -0.4 is 10.9 Å². The molecule has 1 N–H and O–H groups in total. The van der Waals surface area contributed by atoms with Gasteiger partial charge in [0.15, 0.2) is 0 Å². The van der Waals surface area contributed by atoms with Crippen LogP contribution >= 0.6 is 0 Å². The molecule has 1 heterocycles. The first-order chi connectivity index (χ1) is 13.6. The normalized spacial score (nSPS) is 11.3. The third kappa shape index (κ3) is 4.90. The van der Waals surface area contributed by atoms with Crippen molar-refractivity contribution in [3.63, 3.8) is 0 Å². The van der Waals surface area contributed by atoms with E-state index in [0.717, 1.165) is 34.0 Å². The zero-order valence-corrected chi connectivity index (χ0v) is 15.7. The van der Waals surface area contributed by atoms with E-state index in [-0.39, 0.29) is 17.8 Å². The van der Waals surface area contributed by atoms with Gasteiger partial charge in [0.25, 0.3) is 11.5 Å². The number of aromatic nitrogens is 2. The number of halogens is 3. The first-order valence-electron chi connectivity index (χ1n) is 8.76. The number of nitrogens with zero attached hydrogens (tertiary/aromatic N) is 2. The Kier molecular flexibility index (Phi) is 5.54. The van der Waals surface area contributed by atoms with Crippen LogP contribution in [0.2, 0.25) is 0 Å². The summed E-state index contributed by atoms with van der Waals surface area (Å²) in [6.07, 6.45) is -4.48. The van der Waals surface area contributed by atoms with Gasteiger partial charge in [0.2, 0.25) is 0 Å². The molecule has 0 aliphatic heterocycles. The van der Waals surface area contributed by atoms with Gasteiger partial charge in [0, 0.05) is 11.8 Å². The van der Waals surface area contributed by atoms with Crippen molar-refractivity contribution in [3.05, 3.63) is 92.9 Å². The minimum absolute atomic E-state index is 0.0187. The highest BCUT2D eigenvalue weighted by Gasteiger charge is 2.30. The zero-order chi connectivity index (χ0) is 21.2. The summed E-state index contributed by atoms with van der Waals surface area (Å²) in [6.45, 7) is 3.68. The first kappa shape index (κ1) is 20.3. The van der Waals surface area contributed by atoms with Crippen LogP contribution in [0.4, 0.5) is 18.9 Å². The van der Waals surface area contributed by atoms with E-state index in [2.05, 4.69) is 10.4 Å². The van der Waals surface area contributed by atoms with E-state index in [9.17, 15) is 22.8 Å². The summed E-state index contributed by atoms with van der Waals surface area (Å²) in [5.41, 5.74) is 1.56. The van der Waals surface area contributed by atoms with E-state index in [1.165, 1.54) is 18.2 Å². The van der Waals surface area contributed by atoms with E-state index >= 15 is 0 Å². The summed E-state index contributed by atoms with van der Waals surface area (Å²) in [7, 11) is 0. The second-order valence-corrected chi connectivity index (χ2v) is 6.67. The number of anilines is 1. The Hall–Kier alpha value is -3.42. The smallest absolute Gasteiger partial charge is 0.321 e. The molecule has 150 valence electrons. The highest BCUT2D eigenvalue weighted by Crippen LogP contribution is 2.29. The molecule has 2 aromatic carbocycles. The minimum atomic E-state index is -4.48. The standard InChI is InChI=1S/C21H18F3N3O2/c1-13-6-7-17(10-14(13)2)25-20(29)18-8-9-19(28)27(26-18)12-15-4-3-5-16(11-15)21(22,23)24/h3-11H,12H2,1-2H3,(H,25,29). The van der Waals surface area contributed by atoms with E-state index in [4.69, 9.17) is 0 Å². The fourth-order valence-corrected chi connectivity index (χ4v) is 2.72. The Bertz CT molecular complexity index is 1120. The number of alkyl halides is 3. The van der Waals surface area contributed by atoms with E-state index < -0.39 is 23.2 Å². The molecule has 5 nitrogen and oxygen atoms in total. The van der Waals surface area contributed by atoms with Crippen molar-refractivity contribution >= 4 is 11.6 Å². The van der Waals surface area contributed by atoms with E-state index in [0.29, 0.717) is 5.69 Å². The second kappa shape index (κ2) is 7.90. The molecule has 0 atom stereocenters. The third-order valence-corrected chi connectivity index (χ3v) is 4.45. The predicted molar refractivity (Wildman–Crippen MR) is 103 cm³/mol. The fourth-order valence-electron chi connectivity index (χ4n) is 2.72. The summed E-state index contributed by atoms with van der Waals surface area (Å²) in [4.78, 5) is 24.5. The lowest BCUT2D eigenvalue weighted by Crippen LogP contribution is -2.26. The maximum absolute atomic E-state index is 12.9. The summed E-state index contributed by atoms with van der Waals surface area (Å²) in [5, 5.41) is 6.71. The molecule has 0 bridgehead atoms. The van der Waals surface area contributed by atoms with Crippen molar-refractivity contribution in [1.29, 1.82) is 0 Å². The molecular weight excluding hydrogens is 383 g/mol. The lowest BCUT2D eigenvalue weighted by Gasteiger charge is -2.11. The van der Waals surface area contributed by atoms with Crippen LogP contribution in [0.15, 0.2) is 59.4 Å². The van der Waals surface area contributed by atoms with Crippen molar-refractivity contribution in [2.45, 2.75) is 26.6 Å². The van der Waals surface area contributed by atoms with Gasteiger partial charge in [-0.05, 0) is 60.9 Å². The van der Waals surface area contributed by atoms with Crippen molar-refractivity contribution in [2.75, 3.05) is 5.32 Å². The van der Waals surface area contributed by atoms with Gasteiger partial charge in [0.05, 0.1) is 12.1 Å². The second-order valence-electron chi connectivity index (χ2n) is 6.67. The van der Waals surface area contributed by atoms with E-state index in [1.54, 1.807) is 6.07 Å². The van der Waals surface area contributed by atoms with Crippen LogP contribution in [-0.2, 0) is 12.7 Å². The maximum atomic E-state index is 12.9. The average molecular weight is 401 g/mol. The number of hydrogen-bond acceptors (Lipinski definition) is 3. The predicted octanol–water partition coefficient (Wildman–Crippen LogP) is 4.18. The Labute approximate surface area is 164 Å². The number of aryl methyl sites for hydroxylation is 2. The lowest BCUT2D eigenvalue weighted by atomic mass is 10.1. The molecule has 0 aliphatic rings. The molecule has 3 aromatic rings. The number of hydrogen-bond donors (Lipinski definition) is 1. The van der Waals surface area contributed by atoms with Crippen LogP contribution in [-0.4, -0.2) is 15.7 Å². The summed E-state index contributed by atoms with van der Waals surface area (Å²) in [6, 6.07) is 12.5. The van der Waals surface area contributed by atoms with E-state index in [1.807, 2.05) is 26.0 Å². The maximum Gasteiger partial charge on any atom is 0.416 e. The quantitative estimate of drug-likeness (QED) is 0.713. The lowest BCUT2D eigenvalue weighted by molar-refractivity contribution is -0.137. The van der Waals surface area contributed by atoms with Crippen molar-refractivity contribution in [3.8, 4) is 0 Å². The van der Waals surface area contributed by atoms with Gasteiger partial charge in [-0.3, -0.25) is 9.59 Å². The first-order valence-corrected chi connectivity index (χ1v) is 8.76. The molecule has 29 heavy (non-hydrogen) atoms. The number of benzene rings is 2.